The molecule has 1 atom stereocenters. The minimum absolute atomic E-state index is 0.243. The van der Waals surface area contributed by atoms with Crippen molar-refractivity contribution in [1.29, 1.82) is 5.26 Å². The first-order chi connectivity index (χ1) is 9.60. The van der Waals surface area contributed by atoms with E-state index in [9.17, 15) is 0 Å². The lowest BCUT2D eigenvalue weighted by molar-refractivity contribution is 0.253. The van der Waals surface area contributed by atoms with Crippen LogP contribution in [0.5, 0.6) is 0 Å². The van der Waals surface area contributed by atoms with Crippen molar-refractivity contribution >= 4 is 11.6 Å². The largest absolute Gasteiger partial charge is 0.295 e. The molecule has 0 bridgehead atoms. The Balaban J connectivity index is 2.11. The molecule has 1 aromatic heterocycles. The predicted molar refractivity (Wildman–Crippen MR) is 80.3 cm³/mol. The lowest BCUT2D eigenvalue weighted by Gasteiger charge is -2.25. The molecule has 1 aromatic carbocycles. The topological polar surface area (TPSA) is 39.9 Å². The molecule has 1 heterocycles. The van der Waals surface area contributed by atoms with Gasteiger partial charge in [-0.1, -0.05) is 23.7 Å². The van der Waals surface area contributed by atoms with Crippen LogP contribution in [0.15, 0.2) is 42.6 Å². The first-order valence-electron chi connectivity index (χ1n) is 6.41. The molecular formula is C16H16ClN3. The Labute approximate surface area is 124 Å². The molecule has 2 rings (SSSR count). The average molecular weight is 286 g/mol. The van der Waals surface area contributed by atoms with Crippen molar-refractivity contribution in [3.63, 3.8) is 0 Å². The number of nitriles is 1. The van der Waals surface area contributed by atoms with Crippen LogP contribution in [-0.4, -0.2) is 16.9 Å². The molecule has 102 valence electrons. The molecule has 1 unspecified atom stereocenters. The van der Waals surface area contributed by atoms with Gasteiger partial charge in [0.25, 0.3) is 0 Å². The minimum Gasteiger partial charge on any atom is -0.295 e. The molecule has 4 heteroatoms. The van der Waals surface area contributed by atoms with E-state index in [0.29, 0.717) is 5.69 Å². The van der Waals surface area contributed by atoms with Crippen LogP contribution in [0.2, 0.25) is 5.02 Å². The van der Waals surface area contributed by atoms with E-state index in [4.69, 9.17) is 16.9 Å². The maximum Gasteiger partial charge on any atom is 0.140 e. The first-order valence-corrected chi connectivity index (χ1v) is 6.78. The highest BCUT2D eigenvalue weighted by molar-refractivity contribution is 6.30. The summed E-state index contributed by atoms with van der Waals surface area (Å²) in [5, 5.41) is 9.62. The van der Waals surface area contributed by atoms with Crippen LogP contribution >= 0.6 is 11.6 Å². The van der Waals surface area contributed by atoms with Gasteiger partial charge in [0.2, 0.25) is 0 Å². The Hall–Kier alpha value is -1.89. The van der Waals surface area contributed by atoms with E-state index < -0.39 is 0 Å². The second kappa shape index (κ2) is 6.51. The Bertz CT molecular complexity index is 634. The number of halogens is 1. The van der Waals surface area contributed by atoms with Crippen molar-refractivity contribution in [2.75, 3.05) is 7.05 Å². The van der Waals surface area contributed by atoms with Crippen LogP contribution in [0.3, 0.4) is 0 Å². The molecule has 0 radical (unpaired) electrons. The lowest BCUT2D eigenvalue weighted by atomic mass is 10.1. The van der Waals surface area contributed by atoms with Crippen LogP contribution in [0.1, 0.15) is 29.8 Å². The van der Waals surface area contributed by atoms with E-state index in [-0.39, 0.29) is 6.04 Å². The minimum atomic E-state index is 0.243. The monoisotopic (exact) mass is 285 g/mol. The van der Waals surface area contributed by atoms with Gasteiger partial charge in [-0.2, -0.15) is 5.26 Å². The summed E-state index contributed by atoms with van der Waals surface area (Å²) >= 11 is 6.03. The summed E-state index contributed by atoms with van der Waals surface area (Å²) in [7, 11) is 2.05. The van der Waals surface area contributed by atoms with Gasteiger partial charge < -0.3 is 0 Å². The third-order valence-corrected chi connectivity index (χ3v) is 3.60. The zero-order valence-corrected chi connectivity index (χ0v) is 12.3. The van der Waals surface area contributed by atoms with E-state index in [1.165, 1.54) is 5.56 Å². The standard InChI is InChI=1S/C16H16ClN3/c1-12(14-4-3-5-15(17)9-14)20(2)11-13-6-7-19-16(8-13)10-18/h3-9,12H,11H2,1-2H3. The summed E-state index contributed by atoms with van der Waals surface area (Å²) in [5.74, 6) is 0. The summed E-state index contributed by atoms with van der Waals surface area (Å²) in [6, 6.07) is 13.9. The molecule has 0 N–H and O–H groups in total. The van der Waals surface area contributed by atoms with Gasteiger partial charge in [-0.25, -0.2) is 4.98 Å². The maximum absolute atomic E-state index is 8.87. The van der Waals surface area contributed by atoms with Crippen molar-refractivity contribution < 1.29 is 0 Å². The van der Waals surface area contributed by atoms with E-state index in [1.807, 2.05) is 30.3 Å². The SMILES string of the molecule is CC(c1cccc(Cl)c1)N(C)Cc1ccnc(C#N)c1. The molecule has 0 saturated heterocycles. The average Bonchev–Trinajstić information content (AvgIpc) is 2.46. The van der Waals surface area contributed by atoms with Gasteiger partial charge in [-0.3, -0.25) is 4.90 Å². The van der Waals surface area contributed by atoms with Crippen molar-refractivity contribution in [2.45, 2.75) is 19.5 Å². The molecular weight excluding hydrogens is 270 g/mol. The Kier molecular flexibility index (Phi) is 4.73. The molecule has 0 spiro atoms. The van der Waals surface area contributed by atoms with Gasteiger partial charge in [0.1, 0.15) is 11.8 Å². The quantitative estimate of drug-likeness (QED) is 0.858. The van der Waals surface area contributed by atoms with Crippen LogP contribution in [0.25, 0.3) is 0 Å². The van der Waals surface area contributed by atoms with Gasteiger partial charge in [0.15, 0.2) is 0 Å². The van der Waals surface area contributed by atoms with Gasteiger partial charge >= 0.3 is 0 Å². The van der Waals surface area contributed by atoms with Gasteiger partial charge in [-0.05, 0) is 49.4 Å². The van der Waals surface area contributed by atoms with Crippen molar-refractivity contribution in [2.24, 2.45) is 0 Å². The van der Waals surface area contributed by atoms with Crippen molar-refractivity contribution in [3.8, 4) is 6.07 Å². The Morgan fingerprint density at radius 1 is 1.35 bits per heavy atom. The summed E-state index contributed by atoms with van der Waals surface area (Å²) in [6.07, 6.45) is 1.67. The molecule has 0 aliphatic heterocycles. The fourth-order valence-electron chi connectivity index (χ4n) is 2.08. The van der Waals surface area contributed by atoms with E-state index in [2.05, 4.69) is 36.0 Å². The number of nitrogens with zero attached hydrogens (tertiary/aromatic N) is 3. The third-order valence-electron chi connectivity index (χ3n) is 3.36. The molecule has 0 aliphatic rings. The highest BCUT2D eigenvalue weighted by atomic mass is 35.5. The molecule has 0 amide bonds. The second-order valence-electron chi connectivity index (χ2n) is 4.81. The smallest absolute Gasteiger partial charge is 0.140 e. The second-order valence-corrected chi connectivity index (χ2v) is 5.24. The van der Waals surface area contributed by atoms with Crippen LogP contribution in [0, 0.1) is 11.3 Å². The summed E-state index contributed by atoms with van der Waals surface area (Å²) < 4.78 is 0. The summed E-state index contributed by atoms with van der Waals surface area (Å²) in [5.41, 5.74) is 2.70. The zero-order chi connectivity index (χ0) is 14.5. The highest BCUT2D eigenvalue weighted by Gasteiger charge is 2.12. The zero-order valence-electron chi connectivity index (χ0n) is 11.5. The van der Waals surface area contributed by atoms with E-state index >= 15 is 0 Å². The lowest BCUT2D eigenvalue weighted by Crippen LogP contribution is -2.22. The van der Waals surface area contributed by atoms with Crippen LogP contribution < -0.4 is 0 Å². The summed E-state index contributed by atoms with van der Waals surface area (Å²) in [4.78, 5) is 6.19. The molecule has 0 saturated carbocycles. The number of rotatable bonds is 4. The number of pyridine rings is 1. The number of aromatic nitrogens is 1. The van der Waals surface area contributed by atoms with Crippen molar-refractivity contribution in [3.05, 3.63) is 64.4 Å². The third kappa shape index (κ3) is 3.57. The van der Waals surface area contributed by atoms with E-state index in [0.717, 1.165) is 17.1 Å². The fraction of sp³-hybridized carbons (Fsp3) is 0.250. The first kappa shape index (κ1) is 14.5. The Morgan fingerprint density at radius 3 is 2.85 bits per heavy atom. The normalized spacial score (nSPS) is 12.2. The van der Waals surface area contributed by atoms with Crippen molar-refractivity contribution in [1.82, 2.24) is 9.88 Å². The molecule has 3 nitrogen and oxygen atoms in total. The fourth-order valence-corrected chi connectivity index (χ4v) is 2.28. The predicted octanol–water partition coefficient (Wildman–Crippen LogP) is 3.80. The van der Waals surface area contributed by atoms with Gasteiger partial charge in [0.05, 0.1) is 0 Å². The van der Waals surface area contributed by atoms with Crippen LogP contribution in [0.4, 0.5) is 0 Å². The highest BCUT2D eigenvalue weighted by Crippen LogP contribution is 2.23. The number of hydrogen-bond acceptors (Lipinski definition) is 3. The molecule has 2 aromatic rings. The number of hydrogen-bond donors (Lipinski definition) is 0. The van der Waals surface area contributed by atoms with Gasteiger partial charge in [-0.15, -0.1) is 0 Å². The molecule has 20 heavy (non-hydrogen) atoms. The number of benzene rings is 1. The maximum atomic E-state index is 8.87. The Morgan fingerprint density at radius 2 is 2.15 bits per heavy atom. The van der Waals surface area contributed by atoms with Crippen LogP contribution in [-0.2, 0) is 6.54 Å². The van der Waals surface area contributed by atoms with E-state index in [1.54, 1.807) is 6.20 Å². The molecule has 0 fully saturated rings. The summed E-state index contributed by atoms with van der Waals surface area (Å²) in [6.45, 7) is 2.89. The molecule has 0 aliphatic carbocycles. The van der Waals surface area contributed by atoms with Gasteiger partial charge in [0, 0.05) is 23.8 Å².